The molecule has 176 valence electrons. The number of carbonyl (C=O) groups is 3. The lowest BCUT2D eigenvalue weighted by molar-refractivity contribution is 0.0683. The molecule has 0 unspecified atom stereocenters. The number of benzene rings is 1. The van der Waals surface area contributed by atoms with E-state index >= 15 is 0 Å². The fraction of sp³-hybridized carbons (Fsp3) is 0.455. The van der Waals surface area contributed by atoms with Crippen LogP contribution in [-0.2, 0) is 17.1 Å². The number of hydrogen-bond acceptors (Lipinski definition) is 6. The second kappa shape index (κ2) is 8.62. The van der Waals surface area contributed by atoms with Crippen molar-refractivity contribution in [3.05, 3.63) is 47.3 Å². The Morgan fingerprint density at radius 3 is 2.48 bits per heavy atom. The molecular weight excluding hydrogens is 446 g/mol. The normalized spacial score (nSPS) is 18.0. The number of rotatable bonds is 5. The average Bonchev–Trinajstić information content (AvgIpc) is 3.30. The lowest BCUT2D eigenvalue weighted by Gasteiger charge is -2.32. The van der Waals surface area contributed by atoms with Crippen molar-refractivity contribution in [2.75, 3.05) is 19.6 Å². The highest BCUT2D eigenvalue weighted by Gasteiger charge is 2.43. The Hall–Kier alpha value is -3.21. The fourth-order valence-corrected chi connectivity index (χ4v) is 6.08. The van der Waals surface area contributed by atoms with Gasteiger partial charge in [-0.3, -0.25) is 19.1 Å². The van der Waals surface area contributed by atoms with Gasteiger partial charge >= 0.3 is 0 Å². The molecule has 2 aliphatic heterocycles. The number of nitrogens with one attached hydrogen (secondary N) is 1. The van der Waals surface area contributed by atoms with Crippen molar-refractivity contribution in [3.63, 3.8) is 0 Å². The summed E-state index contributed by atoms with van der Waals surface area (Å²) in [6, 6.07) is 3.74. The molecule has 2 aliphatic rings. The number of likely N-dealkylation sites (tertiary alicyclic amines) is 1. The molecule has 1 aromatic heterocycles. The van der Waals surface area contributed by atoms with Crippen molar-refractivity contribution in [1.82, 2.24) is 24.3 Å². The molecule has 3 amide bonds. The van der Waals surface area contributed by atoms with E-state index in [1.54, 1.807) is 36.7 Å². The molecule has 33 heavy (non-hydrogen) atoms. The van der Waals surface area contributed by atoms with E-state index in [0.717, 1.165) is 17.1 Å². The summed E-state index contributed by atoms with van der Waals surface area (Å²) >= 11 is 0. The molecule has 0 aliphatic carbocycles. The summed E-state index contributed by atoms with van der Waals surface area (Å²) in [6.45, 7) is 4.80. The lowest BCUT2D eigenvalue weighted by atomic mass is 9.96. The number of piperidine rings is 1. The first-order chi connectivity index (χ1) is 15.6. The van der Waals surface area contributed by atoms with Gasteiger partial charge in [0.05, 0.1) is 17.3 Å². The van der Waals surface area contributed by atoms with Crippen molar-refractivity contribution in [1.29, 1.82) is 0 Å². The molecule has 4 rings (SSSR count). The third-order valence-corrected chi connectivity index (χ3v) is 8.08. The smallest absolute Gasteiger partial charge is 0.269 e. The van der Waals surface area contributed by atoms with E-state index in [9.17, 15) is 22.8 Å². The number of aryl methyl sites for hydroxylation is 1. The number of fused-ring (bicyclic) bond motifs is 1. The summed E-state index contributed by atoms with van der Waals surface area (Å²) < 4.78 is 28.0. The Labute approximate surface area is 192 Å². The Morgan fingerprint density at radius 1 is 1.18 bits per heavy atom. The number of carbonyl (C=O) groups excluding carboxylic acids is 3. The van der Waals surface area contributed by atoms with E-state index in [2.05, 4.69) is 10.4 Å². The predicted octanol–water partition coefficient (Wildman–Crippen LogP) is 1.26. The van der Waals surface area contributed by atoms with Gasteiger partial charge in [-0.25, -0.2) is 12.7 Å². The van der Waals surface area contributed by atoms with Crippen LogP contribution in [0.5, 0.6) is 0 Å². The number of aromatic nitrogens is 2. The third-order valence-electron chi connectivity index (χ3n) is 6.09. The minimum Gasteiger partial charge on any atom is -0.352 e. The molecule has 1 saturated heterocycles. The van der Waals surface area contributed by atoms with Crippen LogP contribution in [0.3, 0.4) is 0 Å². The van der Waals surface area contributed by atoms with Crippen LogP contribution in [0.4, 0.5) is 0 Å². The van der Waals surface area contributed by atoms with Crippen molar-refractivity contribution in [2.45, 2.75) is 37.6 Å². The maximum atomic E-state index is 13.0. The van der Waals surface area contributed by atoms with Crippen LogP contribution in [0.2, 0.25) is 0 Å². The van der Waals surface area contributed by atoms with Crippen LogP contribution in [0, 0.1) is 5.92 Å². The zero-order valence-corrected chi connectivity index (χ0v) is 19.6. The monoisotopic (exact) mass is 473 g/mol. The van der Waals surface area contributed by atoms with Gasteiger partial charge in [0, 0.05) is 44.5 Å². The maximum Gasteiger partial charge on any atom is 0.269 e. The summed E-state index contributed by atoms with van der Waals surface area (Å²) in [5.74, 6) is -0.757. The Kier molecular flexibility index (Phi) is 6.00. The highest BCUT2D eigenvalue weighted by Crippen LogP contribution is 2.33. The summed E-state index contributed by atoms with van der Waals surface area (Å²) in [6.07, 6.45) is 4.62. The van der Waals surface area contributed by atoms with E-state index < -0.39 is 22.0 Å². The molecule has 1 aromatic carbocycles. The highest BCUT2D eigenvalue weighted by atomic mass is 32.2. The summed E-state index contributed by atoms with van der Waals surface area (Å²) in [5.41, 5.74) is 0.855. The zero-order chi connectivity index (χ0) is 23.9. The van der Waals surface area contributed by atoms with Gasteiger partial charge in [-0.1, -0.05) is 0 Å². The van der Waals surface area contributed by atoms with E-state index in [1.165, 1.54) is 24.4 Å². The SMILES string of the molecule is CC(C)N1C(=O)c2ccc(C(=O)N3CCC(CNC(=O)c4cnn(C)c4)CC3)cc2S1(=O)=O. The van der Waals surface area contributed by atoms with Crippen LogP contribution in [0.1, 0.15) is 57.8 Å². The second-order valence-electron chi connectivity index (χ2n) is 8.76. The van der Waals surface area contributed by atoms with Crippen LogP contribution in [0.25, 0.3) is 0 Å². The van der Waals surface area contributed by atoms with E-state index in [0.29, 0.717) is 25.2 Å². The highest BCUT2D eigenvalue weighted by molar-refractivity contribution is 7.90. The quantitative estimate of drug-likeness (QED) is 0.698. The van der Waals surface area contributed by atoms with E-state index in [1.807, 2.05) is 0 Å². The zero-order valence-electron chi connectivity index (χ0n) is 18.8. The van der Waals surface area contributed by atoms with Crippen molar-refractivity contribution in [3.8, 4) is 0 Å². The summed E-state index contributed by atoms with van der Waals surface area (Å²) in [7, 11) is -2.21. The fourth-order valence-electron chi connectivity index (χ4n) is 4.29. The maximum absolute atomic E-state index is 13.0. The van der Waals surface area contributed by atoms with Gasteiger partial charge in [0.2, 0.25) is 0 Å². The third kappa shape index (κ3) is 4.24. The van der Waals surface area contributed by atoms with Crippen molar-refractivity contribution >= 4 is 27.7 Å². The Balaban J connectivity index is 1.37. The molecule has 11 heteroatoms. The first-order valence-corrected chi connectivity index (χ1v) is 12.3. The van der Waals surface area contributed by atoms with Crippen molar-refractivity contribution < 1.29 is 22.8 Å². The topological polar surface area (TPSA) is 122 Å². The number of sulfonamides is 1. The average molecular weight is 474 g/mol. The minimum atomic E-state index is -3.96. The van der Waals surface area contributed by atoms with Gasteiger partial charge in [-0.15, -0.1) is 0 Å². The largest absolute Gasteiger partial charge is 0.352 e. The Morgan fingerprint density at radius 2 is 1.88 bits per heavy atom. The molecule has 0 spiro atoms. The summed E-state index contributed by atoms with van der Waals surface area (Å²) in [4.78, 5) is 39.3. The van der Waals surface area contributed by atoms with Crippen LogP contribution >= 0.6 is 0 Å². The molecule has 2 aromatic rings. The van der Waals surface area contributed by atoms with Crippen LogP contribution < -0.4 is 5.32 Å². The lowest BCUT2D eigenvalue weighted by Crippen LogP contribution is -2.41. The van der Waals surface area contributed by atoms with Gasteiger partial charge in [0.1, 0.15) is 4.90 Å². The second-order valence-corrected chi connectivity index (χ2v) is 10.5. The van der Waals surface area contributed by atoms with E-state index in [4.69, 9.17) is 0 Å². The molecule has 0 radical (unpaired) electrons. The van der Waals surface area contributed by atoms with Gasteiger partial charge in [0.15, 0.2) is 0 Å². The molecule has 0 atom stereocenters. The number of hydrogen-bond donors (Lipinski definition) is 1. The molecular formula is C22H27N5O5S. The number of nitrogens with zero attached hydrogens (tertiary/aromatic N) is 4. The Bertz CT molecular complexity index is 1210. The van der Waals surface area contributed by atoms with Crippen LogP contribution in [0.15, 0.2) is 35.5 Å². The summed E-state index contributed by atoms with van der Waals surface area (Å²) in [5, 5.41) is 6.90. The molecule has 0 saturated carbocycles. The van der Waals surface area contributed by atoms with Crippen molar-refractivity contribution in [2.24, 2.45) is 13.0 Å². The molecule has 0 bridgehead atoms. The standard InChI is InChI=1S/C22H27N5O5S/c1-14(2)27-22(30)18-5-4-16(10-19(18)33(27,31)32)21(29)26-8-6-15(7-9-26)11-23-20(28)17-12-24-25(3)13-17/h4-5,10,12-15H,6-9,11H2,1-3H3,(H,23,28). The first-order valence-electron chi connectivity index (χ1n) is 10.9. The molecule has 1 fully saturated rings. The number of amides is 3. The minimum absolute atomic E-state index is 0.100. The molecule has 1 N–H and O–H groups in total. The van der Waals surface area contributed by atoms with E-state index in [-0.39, 0.29) is 33.8 Å². The van der Waals surface area contributed by atoms with Gasteiger partial charge < -0.3 is 10.2 Å². The van der Waals surface area contributed by atoms with Gasteiger partial charge in [-0.2, -0.15) is 5.10 Å². The van der Waals surface area contributed by atoms with Gasteiger partial charge in [-0.05, 0) is 50.8 Å². The molecule has 10 nitrogen and oxygen atoms in total. The van der Waals surface area contributed by atoms with Gasteiger partial charge in [0.25, 0.3) is 27.7 Å². The first kappa shape index (κ1) is 23.0. The molecule has 3 heterocycles. The van der Waals surface area contributed by atoms with Crippen LogP contribution in [-0.4, -0.2) is 70.8 Å². The predicted molar refractivity (Wildman–Crippen MR) is 119 cm³/mol.